The van der Waals surface area contributed by atoms with Crippen molar-refractivity contribution in [3.63, 3.8) is 0 Å². The lowest BCUT2D eigenvalue weighted by Crippen LogP contribution is -1.95. The minimum absolute atomic E-state index is 0.905. The number of anilines is 1. The van der Waals surface area contributed by atoms with E-state index >= 15 is 0 Å². The van der Waals surface area contributed by atoms with Crippen molar-refractivity contribution >= 4 is 33.7 Å². The Morgan fingerprint density at radius 3 is 2.79 bits per heavy atom. The predicted molar refractivity (Wildman–Crippen MR) is 101 cm³/mol. The van der Waals surface area contributed by atoms with Crippen molar-refractivity contribution in [3.8, 4) is 0 Å². The normalized spacial score (nSPS) is 11.6. The molecule has 0 atom stereocenters. The molecule has 2 aromatic carbocycles. The number of aryl methyl sites for hydroxylation is 1. The number of fused-ring (bicyclic) bond motifs is 2. The van der Waals surface area contributed by atoms with Crippen molar-refractivity contribution in [1.29, 1.82) is 0 Å². The quantitative estimate of drug-likeness (QED) is 0.447. The smallest absolute Gasteiger partial charge is 0.0951 e. The second kappa shape index (κ2) is 5.81. The maximum absolute atomic E-state index is 4.46. The average Bonchev–Trinajstić information content (AvgIpc) is 2.87. The van der Waals surface area contributed by atoms with Gasteiger partial charge in [0.25, 0.3) is 0 Å². The van der Waals surface area contributed by atoms with E-state index < -0.39 is 0 Å². The molecule has 1 N–H and O–H groups in total. The topological polar surface area (TPSA) is 42.2 Å². The maximum Gasteiger partial charge on any atom is 0.0951 e. The molecule has 0 amide bonds. The number of hydrogen-bond acceptors (Lipinski definition) is 3. The fourth-order valence-corrected chi connectivity index (χ4v) is 3.07. The van der Waals surface area contributed by atoms with E-state index in [-0.39, 0.29) is 0 Å². The lowest BCUT2D eigenvalue weighted by atomic mass is 10.1. The molecule has 4 heteroatoms. The zero-order valence-corrected chi connectivity index (χ0v) is 13.7. The molecule has 0 spiro atoms. The number of hydrogen-bond donors (Lipinski definition) is 1. The molecule has 0 unspecified atom stereocenters. The summed E-state index contributed by atoms with van der Waals surface area (Å²) in [5.74, 6) is 0. The fourth-order valence-electron chi connectivity index (χ4n) is 3.07. The Kier molecular flexibility index (Phi) is 3.50. The highest BCUT2D eigenvalue weighted by Gasteiger charge is 2.09. The summed E-state index contributed by atoms with van der Waals surface area (Å²) >= 11 is 0. The van der Waals surface area contributed by atoms with Gasteiger partial charge in [0.15, 0.2) is 0 Å². The van der Waals surface area contributed by atoms with E-state index in [0.29, 0.717) is 0 Å². The molecule has 4 nitrogen and oxygen atoms in total. The van der Waals surface area contributed by atoms with Gasteiger partial charge in [-0.15, -0.1) is 0 Å². The molecule has 118 valence electrons. The lowest BCUT2D eigenvalue weighted by Gasteiger charge is -2.04. The van der Waals surface area contributed by atoms with Crippen molar-refractivity contribution in [3.05, 3.63) is 72.1 Å². The van der Waals surface area contributed by atoms with E-state index in [1.807, 2.05) is 36.5 Å². The van der Waals surface area contributed by atoms with Crippen molar-refractivity contribution in [2.24, 2.45) is 12.1 Å². The van der Waals surface area contributed by atoms with Crippen LogP contribution < -0.4 is 5.43 Å². The number of nitrogens with one attached hydrogen (secondary N) is 1. The van der Waals surface area contributed by atoms with E-state index in [1.54, 1.807) is 6.20 Å². The number of benzene rings is 2. The highest BCUT2D eigenvalue weighted by Crippen LogP contribution is 2.24. The Morgan fingerprint density at radius 1 is 1.04 bits per heavy atom. The first kappa shape index (κ1) is 14.5. The second-order valence-corrected chi connectivity index (χ2v) is 5.83. The summed E-state index contributed by atoms with van der Waals surface area (Å²) < 4.78 is 2.19. The molecule has 0 fully saturated rings. The Bertz CT molecular complexity index is 1050. The van der Waals surface area contributed by atoms with Gasteiger partial charge >= 0.3 is 0 Å². The summed E-state index contributed by atoms with van der Waals surface area (Å²) in [6, 6.07) is 18.4. The molecule has 4 aromatic rings. The van der Waals surface area contributed by atoms with Crippen LogP contribution >= 0.6 is 0 Å². The number of hydrazone groups is 1. The Labute approximate surface area is 140 Å². The van der Waals surface area contributed by atoms with Crippen LogP contribution in [0.25, 0.3) is 21.8 Å². The van der Waals surface area contributed by atoms with Crippen molar-refractivity contribution in [2.75, 3.05) is 5.43 Å². The van der Waals surface area contributed by atoms with Crippen LogP contribution in [0.5, 0.6) is 0 Å². The molecule has 0 saturated carbocycles. The molecule has 0 radical (unpaired) electrons. The molecular formula is C20H18N4. The number of pyridine rings is 1. The van der Waals surface area contributed by atoms with Gasteiger partial charge in [0.2, 0.25) is 0 Å². The van der Waals surface area contributed by atoms with E-state index in [9.17, 15) is 0 Å². The van der Waals surface area contributed by atoms with Crippen LogP contribution in [-0.4, -0.2) is 15.8 Å². The van der Waals surface area contributed by atoms with Crippen LogP contribution in [0.15, 0.2) is 65.9 Å². The first-order chi connectivity index (χ1) is 11.8. The predicted octanol–water partition coefficient (Wildman–Crippen LogP) is 4.48. The molecule has 0 aliphatic rings. The number of rotatable bonds is 3. The van der Waals surface area contributed by atoms with E-state index in [0.717, 1.165) is 22.2 Å². The van der Waals surface area contributed by atoms with Gasteiger partial charge in [-0.2, -0.15) is 5.10 Å². The first-order valence-corrected chi connectivity index (χ1v) is 7.92. The van der Waals surface area contributed by atoms with Crippen LogP contribution in [0.3, 0.4) is 0 Å². The van der Waals surface area contributed by atoms with E-state index in [2.05, 4.69) is 58.3 Å². The van der Waals surface area contributed by atoms with Crippen molar-refractivity contribution in [1.82, 2.24) is 9.55 Å². The summed E-state index contributed by atoms with van der Waals surface area (Å²) in [5, 5.41) is 6.76. The van der Waals surface area contributed by atoms with Crippen LogP contribution in [-0.2, 0) is 7.05 Å². The number of aromatic nitrogens is 2. The monoisotopic (exact) mass is 314 g/mol. The highest BCUT2D eigenvalue weighted by atomic mass is 15.3. The third-order valence-electron chi connectivity index (χ3n) is 4.46. The summed E-state index contributed by atoms with van der Waals surface area (Å²) in [6.07, 6.45) is 3.69. The van der Waals surface area contributed by atoms with Gasteiger partial charge in [-0.05, 0) is 25.1 Å². The van der Waals surface area contributed by atoms with Crippen LogP contribution in [0.2, 0.25) is 0 Å². The van der Waals surface area contributed by atoms with E-state index in [1.165, 1.54) is 16.6 Å². The summed E-state index contributed by atoms with van der Waals surface area (Å²) in [7, 11) is 2.08. The molecule has 0 aliphatic carbocycles. The van der Waals surface area contributed by atoms with Gasteiger partial charge < -0.3 is 4.57 Å². The van der Waals surface area contributed by atoms with E-state index in [4.69, 9.17) is 0 Å². The van der Waals surface area contributed by atoms with Gasteiger partial charge in [0, 0.05) is 40.8 Å². The Balaban J connectivity index is 1.70. The molecule has 2 heterocycles. The highest BCUT2D eigenvalue weighted by molar-refractivity contribution is 6.01. The minimum atomic E-state index is 0.905. The largest absolute Gasteiger partial charge is 0.347 e. The van der Waals surface area contributed by atoms with Crippen molar-refractivity contribution < 1.29 is 0 Å². The van der Waals surface area contributed by atoms with Gasteiger partial charge in [0.1, 0.15) is 0 Å². The Morgan fingerprint density at radius 2 is 1.88 bits per heavy atom. The fraction of sp³-hybridized carbons (Fsp3) is 0.100. The van der Waals surface area contributed by atoms with Gasteiger partial charge in [0.05, 0.1) is 17.4 Å². The molecule has 0 aliphatic heterocycles. The van der Waals surface area contributed by atoms with Crippen LogP contribution in [0.4, 0.5) is 5.69 Å². The van der Waals surface area contributed by atoms with Gasteiger partial charge in [-0.25, -0.2) is 0 Å². The summed E-state index contributed by atoms with van der Waals surface area (Å²) in [6.45, 7) is 2.11. The Hall–Kier alpha value is -3.14. The zero-order valence-electron chi connectivity index (χ0n) is 13.7. The minimum Gasteiger partial charge on any atom is -0.347 e. The molecule has 0 bridgehead atoms. The number of nitrogens with zero attached hydrogens (tertiary/aromatic N) is 3. The molecule has 2 aromatic heterocycles. The first-order valence-electron chi connectivity index (χ1n) is 7.92. The lowest BCUT2D eigenvalue weighted by molar-refractivity contribution is 0.916. The van der Waals surface area contributed by atoms with Crippen molar-refractivity contribution in [2.45, 2.75) is 6.92 Å². The van der Waals surface area contributed by atoms with Crippen LogP contribution in [0.1, 0.15) is 11.3 Å². The maximum atomic E-state index is 4.46. The average molecular weight is 314 g/mol. The zero-order chi connectivity index (χ0) is 16.5. The van der Waals surface area contributed by atoms with Crippen LogP contribution in [0, 0.1) is 6.92 Å². The molecule has 4 rings (SSSR count). The number of para-hydroxylation sites is 2. The summed E-state index contributed by atoms with van der Waals surface area (Å²) in [4.78, 5) is 4.44. The SMILES string of the molecule is Cc1c(/C=N/Nc2cccc3cccnc23)c2ccccc2n1C. The molecule has 24 heavy (non-hydrogen) atoms. The van der Waals surface area contributed by atoms with Gasteiger partial charge in [-0.3, -0.25) is 10.4 Å². The summed E-state index contributed by atoms with van der Waals surface area (Å²) in [5.41, 5.74) is 8.50. The van der Waals surface area contributed by atoms with Gasteiger partial charge in [-0.1, -0.05) is 36.4 Å². The third kappa shape index (κ3) is 2.33. The standard InChI is InChI=1S/C20H18N4/c1-14-17(16-9-3-4-11-19(16)24(14)2)13-22-23-18-10-5-7-15-8-6-12-21-20(15)18/h3-13,23H,1-2H3/b22-13+. The molecular weight excluding hydrogens is 296 g/mol. The second-order valence-electron chi connectivity index (χ2n) is 5.83. The molecule has 0 saturated heterocycles. The third-order valence-corrected chi connectivity index (χ3v) is 4.46.